The minimum Gasteiger partial charge on any atom is -0.369 e. The molecule has 0 radical (unpaired) electrons. The molecule has 102 valence electrons. The van der Waals surface area contributed by atoms with Crippen molar-refractivity contribution in [3.8, 4) is 0 Å². The molecule has 4 N–H and O–H groups in total. The summed E-state index contributed by atoms with van der Waals surface area (Å²) in [5.74, 6) is -0.550. The van der Waals surface area contributed by atoms with Crippen LogP contribution in [0.1, 0.15) is 25.7 Å². The molecule has 2 saturated heterocycles. The first-order valence-corrected chi connectivity index (χ1v) is 6.55. The number of hydrogen-bond acceptors (Lipinski definition) is 4. The van der Waals surface area contributed by atoms with E-state index in [0.717, 1.165) is 25.7 Å². The second-order valence-electron chi connectivity index (χ2n) is 5.09. The molecule has 0 saturated carbocycles. The molecule has 2 aliphatic rings. The van der Waals surface area contributed by atoms with Gasteiger partial charge in [0.2, 0.25) is 5.91 Å². The summed E-state index contributed by atoms with van der Waals surface area (Å²) in [6.45, 7) is 1.57. The molecule has 2 heterocycles. The maximum atomic E-state index is 12.2. The molecule has 18 heavy (non-hydrogen) atoms. The van der Waals surface area contributed by atoms with Gasteiger partial charge in [0.1, 0.15) is 6.10 Å². The fraction of sp³-hybridized carbons (Fsp3) is 0.833. The van der Waals surface area contributed by atoms with Crippen LogP contribution in [0.2, 0.25) is 0 Å². The van der Waals surface area contributed by atoms with Crippen molar-refractivity contribution in [1.29, 1.82) is 0 Å². The lowest BCUT2D eigenvalue weighted by Crippen LogP contribution is -2.47. The lowest BCUT2D eigenvalue weighted by atomic mass is 9.97. The number of carbonyl (C=O) groups is 2. The molecule has 2 fully saturated rings. The van der Waals surface area contributed by atoms with E-state index in [1.54, 1.807) is 4.90 Å². The first-order chi connectivity index (χ1) is 8.61. The summed E-state index contributed by atoms with van der Waals surface area (Å²) in [7, 11) is 0. The zero-order valence-corrected chi connectivity index (χ0v) is 10.5. The van der Waals surface area contributed by atoms with Gasteiger partial charge in [0.25, 0.3) is 5.91 Å². The SMILES string of the molecule is NCC1CCC(C(=O)N2CCCC(C(N)=O)C2)O1. The smallest absolute Gasteiger partial charge is 0.251 e. The van der Waals surface area contributed by atoms with E-state index >= 15 is 0 Å². The summed E-state index contributed by atoms with van der Waals surface area (Å²) < 4.78 is 5.59. The molecule has 0 aromatic carbocycles. The van der Waals surface area contributed by atoms with Gasteiger partial charge in [-0.05, 0) is 25.7 Å². The van der Waals surface area contributed by atoms with Gasteiger partial charge in [0.05, 0.1) is 12.0 Å². The van der Waals surface area contributed by atoms with Crippen LogP contribution in [-0.4, -0.2) is 48.6 Å². The van der Waals surface area contributed by atoms with Crippen LogP contribution in [0.3, 0.4) is 0 Å². The summed E-state index contributed by atoms with van der Waals surface area (Å²) >= 11 is 0. The van der Waals surface area contributed by atoms with Crippen molar-refractivity contribution in [3.05, 3.63) is 0 Å². The summed E-state index contributed by atoms with van der Waals surface area (Å²) in [4.78, 5) is 25.1. The van der Waals surface area contributed by atoms with Gasteiger partial charge in [0, 0.05) is 19.6 Å². The van der Waals surface area contributed by atoms with E-state index < -0.39 is 0 Å². The van der Waals surface area contributed by atoms with E-state index in [0.29, 0.717) is 19.6 Å². The maximum absolute atomic E-state index is 12.2. The maximum Gasteiger partial charge on any atom is 0.251 e. The molecular formula is C12H21N3O3. The van der Waals surface area contributed by atoms with Crippen LogP contribution in [0.5, 0.6) is 0 Å². The quantitative estimate of drug-likeness (QED) is 0.691. The van der Waals surface area contributed by atoms with E-state index in [4.69, 9.17) is 16.2 Å². The second-order valence-corrected chi connectivity index (χ2v) is 5.09. The van der Waals surface area contributed by atoms with Crippen molar-refractivity contribution in [2.75, 3.05) is 19.6 Å². The van der Waals surface area contributed by atoms with Crippen molar-refractivity contribution in [1.82, 2.24) is 4.90 Å². The Hall–Kier alpha value is -1.14. The first kappa shape index (κ1) is 13.3. The van der Waals surface area contributed by atoms with Gasteiger partial charge in [-0.25, -0.2) is 0 Å². The molecule has 3 unspecified atom stereocenters. The normalized spacial score (nSPS) is 32.5. The summed E-state index contributed by atoms with van der Waals surface area (Å²) in [5, 5.41) is 0. The molecule has 3 atom stereocenters. The fourth-order valence-electron chi connectivity index (χ4n) is 2.67. The highest BCUT2D eigenvalue weighted by molar-refractivity contribution is 5.83. The van der Waals surface area contributed by atoms with Crippen LogP contribution in [0, 0.1) is 5.92 Å². The number of amides is 2. The molecular weight excluding hydrogens is 234 g/mol. The Morgan fingerprint density at radius 1 is 1.28 bits per heavy atom. The highest BCUT2D eigenvalue weighted by Crippen LogP contribution is 2.23. The molecule has 2 rings (SSSR count). The van der Waals surface area contributed by atoms with Gasteiger partial charge in [-0.15, -0.1) is 0 Å². The van der Waals surface area contributed by atoms with E-state index in [2.05, 4.69) is 0 Å². The zero-order chi connectivity index (χ0) is 13.1. The van der Waals surface area contributed by atoms with Gasteiger partial charge in [-0.2, -0.15) is 0 Å². The lowest BCUT2D eigenvalue weighted by Gasteiger charge is -2.32. The lowest BCUT2D eigenvalue weighted by molar-refractivity contribution is -0.145. The Balaban J connectivity index is 1.91. The summed E-state index contributed by atoms with van der Waals surface area (Å²) in [5.41, 5.74) is 10.8. The number of nitrogens with zero attached hydrogens (tertiary/aromatic N) is 1. The molecule has 2 amide bonds. The number of carbonyl (C=O) groups excluding carboxylic acids is 2. The fourth-order valence-corrected chi connectivity index (χ4v) is 2.67. The van der Waals surface area contributed by atoms with Crippen molar-refractivity contribution >= 4 is 11.8 Å². The number of rotatable bonds is 3. The number of primary amides is 1. The molecule has 0 spiro atoms. The van der Waals surface area contributed by atoms with Crippen molar-refractivity contribution < 1.29 is 14.3 Å². The topological polar surface area (TPSA) is 98.7 Å². The average molecular weight is 255 g/mol. The number of likely N-dealkylation sites (tertiary alicyclic amines) is 1. The molecule has 0 aromatic rings. The molecule has 0 aliphatic carbocycles. The predicted molar refractivity (Wildman–Crippen MR) is 65.4 cm³/mol. The van der Waals surface area contributed by atoms with Crippen LogP contribution in [-0.2, 0) is 14.3 Å². The molecule has 6 nitrogen and oxygen atoms in total. The van der Waals surface area contributed by atoms with Gasteiger partial charge in [-0.3, -0.25) is 9.59 Å². The Bertz CT molecular complexity index is 335. The third kappa shape index (κ3) is 2.81. The molecule has 0 aromatic heterocycles. The average Bonchev–Trinajstić information content (AvgIpc) is 2.86. The third-order valence-corrected chi connectivity index (χ3v) is 3.78. The number of nitrogens with two attached hydrogens (primary N) is 2. The third-order valence-electron chi connectivity index (χ3n) is 3.78. The van der Waals surface area contributed by atoms with Crippen LogP contribution in [0.25, 0.3) is 0 Å². The Labute approximate surface area is 107 Å². The zero-order valence-electron chi connectivity index (χ0n) is 10.5. The standard InChI is InChI=1S/C12H21N3O3/c13-6-9-3-4-10(18-9)12(17)15-5-1-2-8(7-15)11(14)16/h8-10H,1-7,13H2,(H2,14,16). The summed E-state index contributed by atoms with van der Waals surface area (Å²) in [6.07, 6.45) is 2.77. The number of ether oxygens (including phenoxy) is 1. The number of piperidine rings is 1. The van der Waals surface area contributed by atoms with E-state index in [1.165, 1.54) is 0 Å². The van der Waals surface area contributed by atoms with Crippen LogP contribution < -0.4 is 11.5 Å². The minimum atomic E-state index is -0.384. The summed E-state index contributed by atoms with van der Waals surface area (Å²) in [6, 6.07) is 0. The second kappa shape index (κ2) is 5.67. The van der Waals surface area contributed by atoms with Gasteiger partial charge in [0.15, 0.2) is 0 Å². The molecule has 0 bridgehead atoms. The molecule has 2 aliphatic heterocycles. The van der Waals surface area contributed by atoms with Crippen molar-refractivity contribution in [2.45, 2.75) is 37.9 Å². The number of hydrogen-bond donors (Lipinski definition) is 2. The van der Waals surface area contributed by atoms with E-state index in [1.807, 2.05) is 0 Å². The van der Waals surface area contributed by atoms with Crippen LogP contribution in [0.15, 0.2) is 0 Å². The Morgan fingerprint density at radius 3 is 2.67 bits per heavy atom. The Morgan fingerprint density at radius 2 is 2.06 bits per heavy atom. The van der Waals surface area contributed by atoms with Gasteiger partial charge >= 0.3 is 0 Å². The van der Waals surface area contributed by atoms with Gasteiger partial charge in [-0.1, -0.05) is 0 Å². The first-order valence-electron chi connectivity index (χ1n) is 6.55. The Kier molecular flexibility index (Phi) is 4.19. The highest BCUT2D eigenvalue weighted by Gasteiger charge is 2.35. The monoisotopic (exact) mass is 255 g/mol. The van der Waals surface area contributed by atoms with Crippen LogP contribution >= 0.6 is 0 Å². The van der Waals surface area contributed by atoms with Crippen LogP contribution in [0.4, 0.5) is 0 Å². The van der Waals surface area contributed by atoms with Crippen molar-refractivity contribution in [3.63, 3.8) is 0 Å². The van der Waals surface area contributed by atoms with Crippen molar-refractivity contribution in [2.24, 2.45) is 17.4 Å². The van der Waals surface area contributed by atoms with E-state index in [-0.39, 0.29) is 29.9 Å². The highest BCUT2D eigenvalue weighted by atomic mass is 16.5. The minimum absolute atomic E-state index is 0.00400. The van der Waals surface area contributed by atoms with Gasteiger partial charge < -0.3 is 21.1 Å². The predicted octanol–water partition coefficient (Wildman–Crippen LogP) is -0.783. The molecule has 6 heteroatoms. The van der Waals surface area contributed by atoms with E-state index in [9.17, 15) is 9.59 Å². The largest absolute Gasteiger partial charge is 0.369 e.